The van der Waals surface area contributed by atoms with Crippen molar-refractivity contribution in [3.8, 4) is 0 Å². The first-order chi connectivity index (χ1) is 16.1. The van der Waals surface area contributed by atoms with E-state index in [1.807, 2.05) is 24.3 Å². The summed E-state index contributed by atoms with van der Waals surface area (Å²) in [6.45, 7) is 4.48. The van der Waals surface area contributed by atoms with E-state index in [9.17, 15) is 9.59 Å². The summed E-state index contributed by atoms with van der Waals surface area (Å²) in [7, 11) is 0. The number of nitrogens with zero attached hydrogens (tertiary/aromatic N) is 1. The smallest absolute Gasteiger partial charge is 0.338 e. The highest BCUT2D eigenvalue weighted by molar-refractivity contribution is 14.1. The summed E-state index contributed by atoms with van der Waals surface area (Å²) in [6, 6.07) is 19.2. The van der Waals surface area contributed by atoms with Gasteiger partial charge in [-0.3, -0.25) is 4.79 Å². The third-order valence-corrected chi connectivity index (χ3v) is 5.95. The quantitative estimate of drug-likeness (QED) is 0.107. The summed E-state index contributed by atoms with van der Waals surface area (Å²) >= 11 is 2.21. The number of carbonyl (C=O) groups is 2. The van der Waals surface area contributed by atoms with Crippen LogP contribution < -0.4 is 4.90 Å². The third-order valence-electron chi connectivity index (χ3n) is 5.23. The van der Waals surface area contributed by atoms with Crippen molar-refractivity contribution in [3.05, 3.63) is 86.9 Å². The summed E-state index contributed by atoms with van der Waals surface area (Å²) in [4.78, 5) is 25.1. The molecule has 0 aliphatic heterocycles. The summed E-state index contributed by atoms with van der Waals surface area (Å²) in [5.74, 6) is 0.722. The van der Waals surface area contributed by atoms with E-state index in [-0.39, 0.29) is 5.97 Å². The fraction of sp³-hybridized carbons (Fsp3) is 0.259. The van der Waals surface area contributed by atoms with E-state index in [0.717, 1.165) is 41.5 Å². The van der Waals surface area contributed by atoms with Crippen molar-refractivity contribution in [1.29, 1.82) is 0 Å². The van der Waals surface area contributed by atoms with Crippen LogP contribution in [0.15, 0.2) is 65.1 Å². The number of esters is 1. The molecule has 0 saturated heterocycles. The fourth-order valence-electron chi connectivity index (χ4n) is 3.38. The van der Waals surface area contributed by atoms with Gasteiger partial charge in [0.1, 0.15) is 5.76 Å². The third kappa shape index (κ3) is 7.89. The summed E-state index contributed by atoms with van der Waals surface area (Å²) in [5, 5.41) is 0. The van der Waals surface area contributed by atoms with Gasteiger partial charge in [0.05, 0.1) is 12.2 Å². The molecule has 0 aliphatic rings. The molecule has 0 unspecified atom stereocenters. The molecule has 172 valence electrons. The Morgan fingerprint density at radius 2 is 1.67 bits per heavy atom. The molecule has 3 aromatic rings. The van der Waals surface area contributed by atoms with Crippen molar-refractivity contribution >= 4 is 52.7 Å². The predicted molar refractivity (Wildman–Crippen MR) is 141 cm³/mol. The van der Waals surface area contributed by atoms with Crippen molar-refractivity contribution in [2.45, 2.75) is 26.2 Å². The second-order valence-corrected chi connectivity index (χ2v) is 8.81. The second kappa shape index (κ2) is 13.0. The number of aldehydes is 1. The molecule has 0 aliphatic carbocycles. The first kappa shape index (κ1) is 24.8. The SMILES string of the molecule is CCN(CCCCCOC(=O)c1ccc(I)cc1)c1ccc(/C=C/c2ccc(C=O)o2)cc1. The molecule has 0 amide bonds. The van der Waals surface area contributed by atoms with Crippen molar-refractivity contribution in [2.24, 2.45) is 0 Å². The van der Waals surface area contributed by atoms with Gasteiger partial charge in [0, 0.05) is 22.3 Å². The van der Waals surface area contributed by atoms with Crippen LogP contribution in [0.4, 0.5) is 5.69 Å². The van der Waals surface area contributed by atoms with Crippen LogP contribution in [-0.4, -0.2) is 32.0 Å². The monoisotopic (exact) mass is 557 g/mol. The Labute approximate surface area is 208 Å². The molecular weight excluding hydrogens is 529 g/mol. The molecule has 0 spiro atoms. The predicted octanol–water partition coefficient (Wildman–Crippen LogP) is 6.72. The Morgan fingerprint density at radius 3 is 2.33 bits per heavy atom. The first-order valence-corrected chi connectivity index (χ1v) is 12.2. The van der Waals surface area contributed by atoms with Crippen LogP contribution in [0.1, 0.15) is 58.4 Å². The van der Waals surface area contributed by atoms with Crippen LogP contribution in [0, 0.1) is 3.57 Å². The molecule has 2 aromatic carbocycles. The highest BCUT2D eigenvalue weighted by Gasteiger charge is 2.07. The maximum Gasteiger partial charge on any atom is 0.338 e. The molecule has 1 aromatic heterocycles. The van der Waals surface area contributed by atoms with Gasteiger partial charge in [-0.25, -0.2) is 4.79 Å². The van der Waals surface area contributed by atoms with Crippen molar-refractivity contribution in [2.75, 3.05) is 24.6 Å². The van der Waals surface area contributed by atoms with Gasteiger partial charge in [-0.1, -0.05) is 18.2 Å². The zero-order valence-corrected chi connectivity index (χ0v) is 20.9. The fourth-order valence-corrected chi connectivity index (χ4v) is 3.74. The lowest BCUT2D eigenvalue weighted by atomic mass is 10.1. The van der Waals surface area contributed by atoms with Gasteiger partial charge in [-0.05, 0) is 109 Å². The van der Waals surface area contributed by atoms with Crippen molar-refractivity contribution in [1.82, 2.24) is 0 Å². The Kier molecular flexibility index (Phi) is 9.75. The van der Waals surface area contributed by atoms with Crippen LogP contribution in [0.5, 0.6) is 0 Å². The highest BCUT2D eigenvalue weighted by atomic mass is 127. The van der Waals surface area contributed by atoms with E-state index in [0.29, 0.717) is 30.0 Å². The van der Waals surface area contributed by atoms with E-state index >= 15 is 0 Å². The number of unbranched alkanes of at least 4 members (excludes halogenated alkanes) is 2. The molecule has 0 fully saturated rings. The Balaban J connectivity index is 1.39. The van der Waals surface area contributed by atoms with Crippen LogP contribution in [0.25, 0.3) is 12.2 Å². The Morgan fingerprint density at radius 1 is 0.939 bits per heavy atom. The molecule has 0 bridgehead atoms. The maximum absolute atomic E-state index is 12.0. The first-order valence-electron chi connectivity index (χ1n) is 11.1. The number of halogens is 1. The van der Waals surface area contributed by atoms with Crippen LogP contribution in [0.3, 0.4) is 0 Å². The molecule has 0 radical (unpaired) electrons. The van der Waals surface area contributed by atoms with Gasteiger partial charge >= 0.3 is 5.97 Å². The number of carbonyl (C=O) groups excluding carboxylic acids is 2. The van der Waals surface area contributed by atoms with Gasteiger partial charge in [0.15, 0.2) is 12.0 Å². The van der Waals surface area contributed by atoms with E-state index in [1.165, 1.54) is 5.69 Å². The number of rotatable bonds is 12. The minimum absolute atomic E-state index is 0.257. The zero-order chi connectivity index (χ0) is 23.5. The van der Waals surface area contributed by atoms with Gasteiger partial charge in [-0.15, -0.1) is 0 Å². The number of benzene rings is 2. The van der Waals surface area contributed by atoms with Crippen molar-refractivity contribution in [3.63, 3.8) is 0 Å². The Hall–Kier alpha value is -2.87. The molecule has 3 rings (SSSR count). The lowest BCUT2D eigenvalue weighted by molar-refractivity contribution is 0.0498. The number of furan rings is 1. The molecular formula is C27H28INO4. The average Bonchev–Trinajstić information content (AvgIpc) is 3.31. The minimum Gasteiger partial charge on any atom is -0.462 e. The molecule has 0 saturated carbocycles. The largest absolute Gasteiger partial charge is 0.462 e. The number of anilines is 1. The maximum atomic E-state index is 12.0. The van der Waals surface area contributed by atoms with E-state index in [1.54, 1.807) is 24.3 Å². The van der Waals surface area contributed by atoms with Gasteiger partial charge in [-0.2, -0.15) is 0 Å². The number of hydrogen-bond donors (Lipinski definition) is 0. The van der Waals surface area contributed by atoms with Crippen LogP contribution in [-0.2, 0) is 4.74 Å². The van der Waals surface area contributed by atoms with E-state index < -0.39 is 0 Å². The molecule has 6 heteroatoms. The zero-order valence-electron chi connectivity index (χ0n) is 18.7. The van der Waals surface area contributed by atoms with Gasteiger partial charge in [0.25, 0.3) is 0 Å². The molecule has 33 heavy (non-hydrogen) atoms. The van der Waals surface area contributed by atoms with Crippen molar-refractivity contribution < 1.29 is 18.7 Å². The van der Waals surface area contributed by atoms with E-state index in [2.05, 4.69) is 58.7 Å². The molecule has 0 N–H and O–H groups in total. The topological polar surface area (TPSA) is 59.8 Å². The van der Waals surface area contributed by atoms with E-state index in [4.69, 9.17) is 9.15 Å². The number of ether oxygens (including phenoxy) is 1. The second-order valence-electron chi connectivity index (χ2n) is 7.57. The number of hydrogen-bond acceptors (Lipinski definition) is 5. The van der Waals surface area contributed by atoms with Crippen LogP contribution in [0.2, 0.25) is 0 Å². The molecule has 0 atom stereocenters. The van der Waals surface area contributed by atoms with Gasteiger partial charge < -0.3 is 14.1 Å². The highest BCUT2D eigenvalue weighted by Crippen LogP contribution is 2.18. The normalized spacial score (nSPS) is 11.0. The summed E-state index contributed by atoms with van der Waals surface area (Å²) in [5.41, 5.74) is 2.84. The summed E-state index contributed by atoms with van der Waals surface area (Å²) < 4.78 is 11.8. The van der Waals surface area contributed by atoms with Crippen LogP contribution >= 0.6 is 22.6 Å². The standard InChI is InChI=1S/C27H28INO4/c1-2-29(18-4-3-5-19-32-27(31)22-9-11-23(28)12-10-22)24-13-6-21(7-14-24)8-15-25-16-17-26(20-30)33-25/h6-17,20H,2-5,18-19H2,1H3/b15-8+. The average molecular weight is 557 g/mol. The molecule has 5 nitrogen and oxygen atoms in total. The minimum atomic E-state index is -0.257. The van der Waals surface area contributed by atoms with Gasteiger partial charge in [0.2, 0.25) is 0 Å². The lowest BCUT2D eigenvalue weighted by Crippen LogP contribution is -2.23. The summed E-state index contributed by atoms with van der Waals surface area (Å²) in [6.07, 6.45) is 7.41. The molecule has 1 heterocycles. The Bertz CT molecular complexity index is 1050. The lowest BCUT2D eigenvalue weighted by Gasteiger charge is -2.23.